The van der Waals surface area contributed by atoms with Gasteiger partial charge in [-0.25, -0.2) is 0 Å². The van der Waals surface area contributed by atoms with Gasteiger partial charge in [-0.3, -0.25) is 4.79 Å². The summed E-state index contributed by atoms with van der Waals surface area (Å²) in [6, 6.07) is 0. The van der Waals surface area contributed by atoms with Crippen LogP contribution in [0.25, 0.3) is 0 Å². The third-order valence-corrected chi connectivity index (χ3v) is 5.41. The molecule has 20 heavy (non-hydrogen) atoms. The molecule has 0 aromatic carbocycles. The monoisotopic (exact) mass is 282 g/mol. The van der Waals surface area contributed by atoms with Crippen molar-refractivity contribution in [1.29, 1.82) is 0 Å². The molecule has 3 heteroatoms. The van der Waals surface area contributed by atoms with Crippen LogP contribution in [-0.2, 0) is 9.53 Å². The minimum atomic E-state index is -0.588. The standard InChI is InChI=1S/C17H30O3/c1-17(2,3)13-7-9-15(16(18)19)12(11-13)6-8-14-5-4-10-20-14/h12-15H,4-11H2,1-3H3,(H,18,19). The van der Waals surface area contributed by atoms with Crippen LogP contribution in [0.15, 0.2) is 0 Å². The second kappa shape index (κ2) is 6.46. The fraction of sp³-hybridized carbons (Fsp3) is 0.941. The van der Waals surface area contributed by atoms with E-state index in [1.165, 1.54) is 6.42 Å². The molecule has 0 radical (unpaired) electrons. The van der Waals surface area contributed by atoms with Gasteiger partial charge in [0.05, 0.1) is 12.0 Å². The summed E-state index contributed by atoms with van der Waals surface area (Å²) in [7, 11) is 0. The number of hydrogen-bond donors (Lipinski definition) is 1. The van der Waals surface area contributed by atoms with Crippen LogP contribution in [0.3, 0.4) is 0 Å². The van der Waals surface area contributed by atoms with E-state index in [-0.39, 0.29) is 5.92 Å². The number of carbonyl (C=O) groups is 1. The molecule has 0 aromatic heterocycles. The van der Waals surface area contributed by atoms with Gasteiger partial charge in [0.1, 0.15) is 0 Å². The Bertz CT molecular complexity index is 326. The average Bonchev–Trinajstić information content (AvgIpc) is 2.87. The van der Waals surface area contributed by atoms with E-state index in [2.05, 4.69) is 20.8 Å². The van der Waals surface area contributed by atoms with Crippen molar-refractivity contribution in [3.05, 3.63) is 0 Å². The van der Waals surface area contributed by atoms with Gasteiger partial charge in [-0.1, -0.05) is 20.8 Å². The summed E-state index contributed by atoms with van der Waals surface area (Å²) in [4.78, 5) is 11.5. The Labute approximate surface area is 123 Å². The van der Waals surface area contributed by atoms with Gasteiger partial charge in [0, 0.05) is 6.61 Å². The molecule has 1 N–H and O–H groups in total. The maximum atomic E-state index is 11.5. The molecule has 0 spiro atoms. The lowest BCUT2D eigenvalue weighted by atomic mass is 9.64. The zero-order valence-electron chi connectivity index (χ0n) is 13.2. The van der Waals surface area contributed by atoms with Gasteiger partial charge in [0.2, 0.25) is 0 Å². The first-order valence-corrected chi connectivity index (χ1v) is 8.22. The molecule has 0 amide bonds. The van der Waals surface area contributed by atoms with Gasteiger partial charge >= 0.3 is 5.97 Å². The van der Waals surface area contributed by atoms with E-state index in [1.807, 2.05) is 0 Å². The van der Waals surface area contributed by atoms with E-state index in [1.54, 1.807) is 0 Å². The third kappa shape index (κ3) is 3.97. The van der Waals surface area contributed by atoms with Gasteiger partial charge in [-0.2, -0.15) is 0 Å². The van der Waals surface area contributed by atoms with Gasteiger partial charge in [0.25, 0.3) is 0 Å². The van der Waals surface area contributed by atoms with Crippen molar-refractivity contribution in [2.45, 2.75) is 71.8 Å². The molecule has 1 aliphatic carbocycles. The highest BCUT2D eigenvalue weighted by Gasteiger charge is 2.39. The third-order valence-electron chi connectivity index (χ3n) is 5.41. The highest BCUT2D eigenvalue weighted by atomic mass is 16.5. The van der Waals surface area contributed by atoms with Crippen molar-refractivity contribution >= 4 is 5.97 Å². The molecule has 0 aromatic rings. The first kappa shape index (κ1) is 15.8. The Kier molecular flexibility index (Phi) is 5.11. The molecule has 2 rings (SSSR count). The van der Waals surface area contributed by atoms with Crippen LogP contribution in [0.1, 0.15) is 65.7 Å². The Morgan fingerprint density at radius 2 is 1.95 bits per heavy atom. The fourth-order valence-electron chi connectivity index (χ4n) is 3.97. The van der Waals surface area contributed by atoms with Crippen LogP contribution in [0.4, 0.5) is 0 Å². The summed E-state index contributed by atoms with van der Waals surface area (Å²) in [5, 5.41) is 9.46. The first-order valence-electron chi connectivity index (χ1n) is 8.22. The molecule has 1 saturated heterocycles. The van der Waals surface area contributed by atoms with Crippen molar-refractivity contribution in [3.63, 3.8) is 0 Å². The molecule has 1 heterocycles. The van der Waals surface area contributed by atoms with E-state index in [4.69, 9.17) is 4.74 Å². The van der Waals surface area contributed by atoms with Crippen LogP contribution in [0.2, 0.25) is 0 Å². The number of carboxylic acids is 1. The predicted molar refractivity (Wildman–Crippen MR) is 79.6 cm³/mol. The summed E-state index contributed by atoms with van der Waals surface area (Å²) in [5.41, 5.74) is 0.297. The van der Waals surface area contributed by atoms with Gasteiger partial charge in [-0.15, -0.1) is 0 Å². The maximum absolute atomic E-state index is 11.5. The molecule has 3 nitrogen and oxygen atoms in total. The van der Waals surface area contributed by atoms with Crippen molar-refractivity contribution in [2.75, 3.05) is 6.61 Å². The number of aliphatic carboxylic acids is 1. The Balaban J connectivity index is 1.93. The average molecular weight is 282 g/mol. The number of hydrogen-bond acceptors (Lipinski definition) is 2. The summed E-state index contributed by atoms with van der Waals surface area (Å²) in [6.07, 6.45) is 7.78. The predicted octanol–water partition coefficient (Wildman–Crippen LogP) is 4.11. The van der Waals surface area contributed by atoms with Crippen LogP contribution in [-0.4, -0.2) is 23.8 Å². The molecular formula is C17H30O3. The van der Waals surface area contributed by atoms with Crippen molar-refractivity contribution in [3.8, 4) is 0 Å². The van der Waals surface area contributed by atoms with Crippen LogP contribution in [0, 0.1) is 23.2 Å². The second-order valence-corrected chi connectivity index (χ2v) is 7.79. The quantitative estimate of drug-likeness (QED) is 0.844. The van der Waals surface area contributed by atoms with Crippen molar-refractivity contribution in [2.24, 2.45) is 23.2 Å². The molecule has 116 valence electrons. The topological polar surface area (TPSA) is 46.5 Å². The molecule has 4 unspecified atom stereocenters. The zero-order valence-corrected chi connectivity index (χ0v) is 13.2. The lowest BCUT2D eigenvalue weighted by Gasteiger charge is -2.40. The highest BCUT2D eigenvalue weighted by molar-refractivity contribution is 5.70. The molecule has 2 aliphatic rings. The van der Waals surface area contributed by atoms with E-state index in [0.717, 1.165) is 45.1 Å². The lowest BCUT2D eigenvalue weighted by molar-refractivity contribution is -0.146. The molecule has 4 atom stereocenters. The van der Waals surface area contributed by atoms with Crippen LogP contribution >= 0.6 is 0 Å². The summed E-state index contributed by atoms with van der Waals surface area (Å²) >= 11 is 0. The maximum Gasteiger partial charge on any atom is 0.306 e. The van der Waals surface area contributed by atoms with Gasteiger partial charge in [-0.05, 0) is 62.2 Å². The normalized spacial score (nSPS) is 35.1. The minimum Gasteiger partial charge on any atom is -0.481 e. The lowest BCUT2D eigenvalue weighted by Crippen LogP contribution is -2.35. The minimum absolute atomic E-state index is 0.130. The SMILES string of the molecule is CC(C)(C)C1CCC(C(=O)O)C(CCC2CCCO2)C1. The largest absolute Gasteiger partial charge is 0.481 e. The fourth-order valence-corrected chi connectivity index (χ4v) is 3.97. The number of carboxylic acid groups (broad SMARTS) is 1. The van der Waals surface area contributed by atoms with Crippen molar-refractivity contribution < 1.29 is 14.6 Å². The summed E-state index contributed by atoms with van der Waals surface area (Å²) in [5.74, 6) is 0.284. The van der Waals surface area contributed by atoms with Gasteiger partial charge in [0.15, 0.2) is 0 Å². The van der Waals surface area contributed by atoms with E-state index < -0.39 is 5.97 Å². The Hall–Kier alpha value is -0.570. The zero-order chi connectivity index (χ0) is 14.8. The van der Waals surface area contributed by atoms with E-state index in [0.29, 0.717) is 23.4 Å². The second-order valence-electron chi connectivity index (χ2n) is 7.79. The van der Waals surface area contributed by atoms with E-state index >= 15 is 0 Å². The Morgan fingerprint density at radius 1 is 1.20 bits per heavy atom. The molecule has 1 saturated carbocycles. The molecule has 2 fully saturated rings. The van der Waals surface area contributed by atoms with Crippen LogP contribution in [0.5, 0.6) is 0 Å². The van der Waals surface area contributed by atoms with Crippen LogP contribution < -0.4 is 0 Å². The van der Waals surface area contributed by atoms with Gasteiger partial charge < -0.3 is 9.84 Å². The van der Waals surface area contributed by atoms with Crippen molar-refractivity contribution in [1.82, 2.24) is 0 Å². The highest BCUT2D eigenvalue weighted by Crippen LogP contribution is 2.44. The molecule has 1 aliphatic heterocycles. The first-order chi connectivity index (χ1) is 9.38. The Morgan fingerprint density at radius 3 is 2.50 bits per heavy atom. The number of ether oxygens (including phenoxy) is 1. The summed E-state index contributed by atoms with van der Waals surface area (Å²) in [6.45, 7) is 7.75. The number of rotatable bonds is 4. The molecule has 0 bridgehead atoms. The summed E-state index contributed by atoms with van der Waals surface area (Å²) < 4.78 is 5.69. The smallest absolute Gasteiger partial charge is 0.306 e. The molecular weight excluding hydrogens is 252 g/mol. The van der Waals surface area contributed by atoms with E-state index in [9.17, 15) is 9.90 Å².